The molecule has 1 aromatic heterocycles. The second kappa shape index (κ2) is 6.38. The second-order valence-corrected chi connectivity index (χ2v) is 5.11. The van der Waals surface area contributed by atoms with Crippen molar-refractivity contribution in [3.63, 3.8) is 0 Å². The van der Waals surface area contributed by atoms with E-state index >= 15 is 0 Å². The lowest BCUT2D eigenvalue weighted by Gasteiger charge is -2.11. The van der Waals surface area contributed by atoms with Gasteiger partial charge in [-0.3, -0.25) is 9.89 Å². The van der Waals surface area contributed by atoms with E-state index in [0.717, 1.165) is 10.5 Å². The molecule has 0 spiro atoms. The highest BCUT2D eigenvalue weighted by atomic mass is 32.2. The Hall–Kier alpha value is -1.82. The molecule has 0 radical (unpaired) electrons. The summed E-state index contributed by atoms with van der Waals surface area (Å²) < 4.78 is 12.7. The van der Waals surface area contributed by atoms with Crippen LogP contribution in [0.25, 0.3) is 0 Å². The molecule has 0 saturated heterocycles. The number of aromatic nitrogens is 2. The van der Waals surface area contributed by atoms with Crippen LogP contribution >= 0.6 is 11.8 Å². The fourth-order valence-corrected chi connectivity index (χ4v) is 2.25. The molecule has 2 aromatic rings. The van der Waals surface area contributed by atoms with Crippen LogP contribution in [0.1, 0.15) is 18.5 Å². The molecule has 1 amide bonds. The summed E-state index contributed by atoms with van der Waals surface area (Å²) in [5.74, 6) is -0.0428. The lowest BCUT2D eigenvalue weighted by atomic mass is 10.2. The Morgan fingerprint density at radius 2 is 2.21 bits per heavy atom. The zero-order valence-corrected chi connectivity index (χ0v) is 11.2. The topological polar surface area (TPSA) is 57.8 Å². The van der Waals surface area contributed by atoms with Crippen LogP contribution in [0.4, 0.5) is 4.39 Å². The van der Waals surface area contributed by atoms with Crippen LogP contribution in [0.2, 0.25) is 0 Å². The third-order valence-electron chi connectivity index (χ3n) is 2.58. The van der Waals surface area contributed by atoms with Gasteiger partial charge < -0.3 is 5.32 Å². The van der Waals surface area contributed by atoms with Gasteiger partial charge in [0.05, 0.1) is 18.0 Å². The van der Waals surface area contributed by atoms with E-state index in [0.29, 0.717) is 5.75 Å². The first-order valence-corrected chi connectivity index (χ1v) is 6.80. The maximum atomic E-state index is 12.7. The first-order chi connectivity index (χ1) is 9.15. The highest BCUT2D eigenvalue weighted by molar-refractivity contribution is 8.00. The van der Waals surface area contributed by atoms with Crippen molar-refractivity contribution >= 4 is 17.7 Å². The predicted octanol–water partition coefficient (Wildman–Crippen LogP) is 2.52. The molecular weight excluding hydrogens is 265 g/mol. The van der Waals surface area contributed by atoms with Crippen LogP contribution in [0.3, 0.4) is 0 Å². The minimum Gasteiger partial charge on any atom is -0.349 e. The molecule has 4 nitrogen and oxygen atoms in total. The van der Waals surface area contributed by atoms with Gasteiger partial charge >= 0.3 is 0 Å². The smallest absolute Gasteiger partial charge is 0.230 e. The molecule has 0 aliphatic carbocycles. The van der Waals surface area contributed by atoms with E-state index < -0.39 is 0 Å². The average molecular weight is 279 g/mol. The molecule has 19 heavy (non-hydrogen) atoms. The molecule has 100 valence electrons. The normalized spacial score (nSPS) is 12.1. The van der Waals surface area contributed by atoms with Gasteiger partial charge in [0.15, 0.2) is 0 Å². The van der Waals surface area contributed by atoms with Gasteiger partial charge in [-0.05, 0) is 31.2 Å². The third kappa shape index (κ3) is 4.10. The maximum absolute atomic E-state index is 12.7. The van der Waals surface area contributed by atoms with Crippen LogP contribution in [-0.4, -0.2) is 21.9 Å². The van der Waals surface area contributed by atoms with E-state index in [1.54, 1.807) is 24.5 Å². The van der Waals surface area contributed by atoms with Crippen molar-refractivity contribution in [2.75, 3.05) is 5.75 Å². The lowest BCUT2D eigenvalue weighted by molar-refractivity contribution is -0.119. The molecular formula is C13H14FN3OS. The Morgan fingerprint density at radius 1 is 1.47 bits per heavy atom. The molecule has 0 fully saturated rings. The summed E-state index contributed by atoms with van der Waals surface area (Å²) in [5, 5.41) is 9.41. The molecule has 2 rings (SSSR count). The van der Waals surface area contributed by atoms with E-state index in [1.807, 2.05) is 6.92 Å². The number of H-pyrrole nitrogens is 1. The Kier molecular flexibility index (Phi) is 4.57. The van der Waals surface area contributed by atoms with Gasteiger partial charge in [0.2, 0.25) is 5.91 Å². The predicted molar refractivity (Wildman–Crippen MR) is 72.3 cm³/mol. The monoisotopic (exact) mass is 279 g/mol. The SMILES string of the molecule is CC(NC(=O)CSc1ccc(F)cc1)c1cn[nH]c1. The molecule has 0 saturated carbocycles. The zero-order chi connectivity index (χ0) is 13.7. The van der Waals surface area contributed by atoms with Gasteiger partial charge in [-0.25, -0.2) is 4.39 Å². The highest BCUT2D eigenvalue weighted by Crippen LogP contribution is 2.18. The number of rotatable bonds is 5. The van der Waals surface area contributed by atoms with E-state index in [2.05, 4.69) is 15.5 Å². The van der Waals surface area contributed by atoms with E-state index in [-0.39, 0.29) is 17.8 Å². The molecule has 0 bridgehead atoms. The van der Waals surface area contributed by atoms with Gasteiger partial charge in [0.1, 0.15) is 5.82 Å². The van der Waals surface area contributed by atoms with E-state index in [9.17, 15) is 9.18 Å². The van der Waals surface area contributed by atoms with Crippen LogP contribution in [0.15, 0.2) is 41.6 Å². The van der Waals surface area contributed by atoms with Crippen molar-refractivity contribution in [3.8, 4) is 0 Å². The summed E-state index contributed by atoms with van der Waals surface area (Å²) in [5.41, 5.74) is 0.931. The largest absolute Gasteiger partial charge is 0.349 e. The van der Waals surface area contributed by atoms with Crippen LogP contribution in [0, 0.1) is 5.82 Å². The lowest BCUT2D eigenvalue weighted by Crippen LogP contribution is -2.27. The first kappa shape index (κ1) is 13.6. The van der Waals surface area contributed by atoms with Crippen LogP contribution in [-0.2, 0) is 4.79 Å². The van der Waals surface area contributed by atoms with Gasteiger partial charge in [-0.15, -0.1) is 11.8 Å². The standard InChI is InChI=1S/C13H14FN3OS/c1-9(10-6-15-16-7-10)17-13(18)8-19-12-4-2-11(14)3-5-12/h2-7,9H,8H2,1H3,(H,15,16)(H,17,18). The third-order valence-corrected chi connectivity index (χ3v) is 3.59. The number of hydrogen-bond donors (Lipinski definition) is 2. The van der Waals surface area contributed by atoms with E-state index in [4.69, 9.17) is 0 Å². The van der Waals surface area contributed by atoms with Gasteiger partial charge in [0.25, 0.3) is 0 Å². The average Bonchev–Trinajstić information content (AvgIpc) is 2.92. The minimum absolute atomic E-state index is 0.0666. The molecule has 1 atom stereocenters. The van der Waals surface area contributed by atoms with Crippen molar-refractivity contribution in [3.05, 3.63) is 48.0 Å². The number of thioether (sulfide) groups is 1. The molecule has 1 aromatic carbocycles. The Morgan fingerprint density at radius 3 is 2.84 bits per heavy atom. The summed E-state index contributed by atoms with van der Waals surface area (Å²) in [4.78, 5) is 12.6. The molecule has 1 heterocycles. The van der Waals surface area contributed by atoms with Crippen molar-refractivity contribution in [1.82, 2.24) is 15.5 Å². The maximum Gasteiger partial charge on any atom is 0.230 e. The molecule has 0 aliphatic heterocycles. The second-order valence-electron chi connectivity index (χ2n) is 4.06. The molecule has 0 aliphatic rings. The quantitative estimate of drug-likeness (QED) is 0.827. The highest BCUT2D eigenvalue weighted by Gasteiger charge is 2.10. The van der Waals surface area contributed by atoms with Crippen LogP contribution < -0.4 is 5.32 Å². The summed E-state index contributed by atoms with van der Waals surface area (Å²) >= 11 is 1.37. The molecule has 2 N–H and O–H groups in total. The minimum atomic E-state index is -0.276. The number of carbonyl (C=O) groups excluding carboxylic acids is 1. The zero-order valence-electron chi connectivity index (χ0n) is 10.4. The number of amides is 1. The number of carbonyl (C=O) groups is 1. The first-order valence-electron chi connectivity index (χ1n) is 5.81. The number of halogens is 1. The summed E-state index contributed by atoms with van der Waals surface area (Å²) in [7, 11) is 0. The van der Waals surface area contributed by atoms with Crippen molar-refractivity contribution in [2.45, 2.75) is 17.9 Å². The van der Waals surface area contributed by atoms with Crippen molar-refractivity contribution < 1.29 is 9.18 Å². The van der Waals surface area contributed by atoms with Crippen LogP contribution in [0.5, 0.6) is 0 Å². The molecule has 6 heteroatoms. The summed E-state index contributed by atoms with van der Waals surface area (Å²) in [6, 6.07) is 6.00. The van der Waals surface area contributed by atoms with Gasteiger partial charge in [0, 0.05) is 16.7 Å². The van der Waals surface area contributed by atoms with E-state index in [1.165, 1.54) is 23.9 Å². The van der Waals surface area contributed by atoms with Gasteiger partial charge in [-0.2, -0.15) is 5.10 Å². The van der Waals surface area contributed by atoms with Crippen molar-refractivity contribution in [2.24, 2.45) is 0 Å². The van der Waals surface area contributed by atoms with Gasteiger partial charge in [-0.1, -0.05) is 0 Å². The Balaban J connectivity index is 1.80. The number of benzene rings is 1. The number of aromatic amines is 1. The Labute approximate surface area is 114 Å². The Bertz CT molecular complexity index is 527. The fourth-order valence-electron chi connectivity index (χ4n) is 1.54. The number of hydrogen-bond acceptors (Lipinski definition) is 3. The van der Waals surface area contributed by atoms with Crippen molar-refractivity contribution in [1.29, 1.82) is 0 Å². The number of nitrogens with zero attached hydrogens (tertiary/aromatic N) is 1. The summed E-state index contributed by atoms with van der Waals surface area (Å²) in [6.45, 7) is 1.89. The number of nitrogens with one attached hydrogen (secondary N) is 2. The molecule has 1 unspecified atom stereocenters. The summed E-state index contributed by atoms with van der Waals surface area (Å²) in [6.07, 6.45) is 3.43. The fraction of sp³-hybridized carbons (Fsp3) is 0.231.